The molecule has 2 aromatic heterocycles. The summed E-state index contributed by atoms with van der Waals surface area (Å²) in [5, 5.41) is 2.23. The van der Waals surface area contributed by atoms with Gasteiger partial charge < -0.3 is 9.64 Å². The summed E-state index contributed by atoms with van der Waals surface area (Å²) in [6, 6.07) is 6.81. The lowest BCUT2D eigenvalue weighted by Gasteiger charge is -2.44. The van der Waals surface area contributed by atoms with E-state index in [0.29, 0.717) is 0 Å². The summed E-state index contributed by atoms with van der Waals surface area (Å²) in [5.41, 5.74) is 4.29. The van der Waals surface area contributed by atoms with Crippen LogP contribution in [0.4, 0.5) is 5.82 Å². The number of rotatable bonds is 1. The zero-order valence-electron chi connectivity index (χ0n) is 13.4. The van der Waals surface area contributed by atoms with Crippen molar-refractivity contribution in [2.45, 2.75) is 44.1 Å². The second-order valence-corrected chi connectivity index (χ2v) is 7.90. The van der Waals surface area contributed by atoms with Gasteiger partial charge in [-0.3, -0.25) is 0 Å². The second kappa shape index (κ2) is 5.32. The highest BCUT2D eigenvalue weighted by Crippen LogP contribution is 2.44. The second-order valence-electron chi connectivity index (χ2n) is 6.98. The summed E-state index contributed by atoms with van der Waals surface area (Å²) in [7, 11) is 0. The average molecular weight is 326 g/mol. The average Bonchev–Trinajstić information content (AvgIpc) is 3.24. The number of nitrogens with zero attached hydrogens (tertiary/aromatic N) is 2. The van der Waals surface area contributed by atoms with Crippen molar-refractivity contribution in [3.63, 3.8) is 0 Å². The summed E-state index contributed by atoms with van der Waals surface area (Å²) in [4.78, 5) is 8.88. The number of ether oxygens (including phenoxy) is 1. The molecule has 2 aromatic rings. The Morgan fingerprint density at radius 1 is 1.04 bits per heavy atom. The van der Waals surface area contributed by atoms with Crippen LogP contribution in [0.5, 0.6) is 0 Å². The van der Waals surface area contributed by atoms with Crippen molar-refractivity contribution < 1.29 is 4.74 Å². The lowest BCUT2D eigenvalue weighted by Crippen LogP contribution is -2.46. The molecular weight excluding hydrogens is 304 g/mol. The number of thiophene rings is 1. The molecule has 5 rings (SSSR count). The Bertz CT molecular complexity index is 731. The van der Waals surface area contributed by atoms with Gasteiger partial charge in [0.05, 0.1) is 6.61 Å². The summed E-state index contributed by atoms with van der Waals surface area (Å²) in [5.74, 6) is 1.17. The van der Waals surface area contributed by atoms with Gasteiger partial charge in [-0.25, -0.2) is 4.98 Å². The molecule has 0 N–H and O–H groups in total. The van der Waals surface area contributed by atoms with E-state index in [2.05, 4.69) is 28.5 Å². The first-order chi connectivity index (χ1) is 11.3. The van der Waals surface area contributed by atoms with Crippen LogP contribution in [0.15, 0.2) is 23.6 Å². The molecule has 1 spiro atoms. The summed E-state index contributed by atoms with van der Waals surface area (Å²) >= 11 is 1.88. The highest BCUT2D eigenvalue weighted by molar-refractivity contribution is 7.10. The molecule has 0 radical (unpaired) electrons. The molecule has 4 heteroatoms. The Hall–Kier alpha value is -1.39. The van der Waals surface area contributed by atoms with Crippen LogP contribution in [-0.4, -0.2) is 24.7 Å². The van der Waals surface area contributed by atoms with E-state index in [0.717, 1.165) is 45.4 Å². The largest absolute Gasteiger partial charge is 0.369 e. The number of fused-ring (bicyclic) bond motifs is 3. The van der Waals surface area contributed by atoms with Crippen molar-refractivity contribution in [1.82, 2.24) is 4.98 Å². The maximum atomic E-state index is 6.31. The lowest BCUT2D eigenvalue weighted by molar-refractivity contribution is -0.0735. The Kier molecular flexibility index (Phi) is 3.24. The van der Waals surface area contributed by atoms with E-state index in [9.17, 15) is 0 Å². The lowest BCUT2D eigenvalue weighted by atomic mass is 9.85. The Morgan fingerprint density at radius 3 is 2.87 bits per heavy atom. The summed E-state index contributed by atoms with van der Waals surface area (Å²) in [6.07, 6.45) is 6.88. The molecule has 2 aliphatic heterocycles. The zero-order chi connectivity index (χ0) is 15.3. The molecule has 1 saturated heterocycles. The molecule has 1 fully saturated rings. The van der Waals surface area contributed by atoms with Gasteiger partial charge in [-0.15, -0.1) is 11.3 Å². The third kappa shape index (κ3) is 2.23. The van der Waals surface area contributed by atoms with E-state index in [1.165, 1.54) is 40.4 Å². The van der Waals surface area contributed by atoms with Crippen molar-refractivity contribution in [2.24, 2.45) is 0 Å². The number of hydrogen-bond acceptors (Lipinski definition) is 4. The molecule has 0 bridgehead atoms. The minimum atomic E-state index is -0.0189. The molecule has 120 valence electrons. The molecule has 0 amide bonds. The van der Waals surface area contributed by atoms with Gasteiger partial charge in [0.15, 0.2) is 0 Å². The van der Waals surface area contributed by atoms with Crippen LogP contribution in [0.3, 0.4) is 0 Å². The van der Waals surface area contributed by atoms with E-state index >= 15 is 0 Å². The molecule has 0 saturated carbocycles. The van der Waals surface area contributed by atoms with Gasteiger partial charge in [-0.05, 0) is 67.2 Å². The minimum Gasteiger partial charge on any atom is -0.369 e. The van der Waals surface area contributed by atoms with Crippen molar-refractivity contribution in [3.05, 3.63) is 45.3 Å². The molecule has 3 aliphatic rings. The number of pyridine rings is 1. The van der Waals surface area contributed by atoms with Crippen LogP contribution in [0.1, 0.15) is 41.0 Å². The Labute approximate surface area is 141 Å². The number of aromatic nitrogens is 1. The number of anilines is 1. The third-order valence-corrected chi connectivity index (χ3v) is 6.86. The quantitative estimate of drug-likeness (QED) is 0.799. The normalized spacial score (nSPS) is 22.2. The third-order valence-electron chi connectivity index (χ3n) is 5.72. The van der Waals surface area contributed by atoms with E-state index < -0.39 is 0 Å². The van der Waals surface area contributed by atoms with Gasteiger partial charge >= 0.3 is 0 Å². The van der Waals surface area contributed by atoms with Crippen molar-refractivity contribution in [3.8, 4) is 0 Å². The van der Waals surface area contributed by atoms with Crippen LogP contribution in [0.25, 0.3) is 0 Å². The Morgan fingerprint density at radius 2 is 1.96 bits per heavy atom. The fraction of sp³-hybridized carbons (Fsp3) is 0.526. The predicted octanol–water partition coefficient (Wildman–Crippen LogP) is 3.70. The smallest absolute Gasteiger partial charge is 0.128 e. The van der Waals surface area contributed by atoms with E-state index in [1.807, 2.05) is 11.3 Å². The molecule has 0 unspecified atom stereocenters. The molecule has 4 heterocycles. The minimum absolute atomic E-state index is 0.0189. The van der Waals surface area contributed by atoms with Crippen LogP contribution in [-0.2, 0) is 29.6 Å². The van der Waals surface area contributed by atoms with Gasteiger partial charge in [0.2, 0.25) is 0 Å². The van der Waals surface area contributed by atoms with Gasteiger partial charge in [0.1, 0.15) is 11.4 Å². The van der Waals surface area contributed by atoms with E-state index in [1.54, 1.807) is 0 Å². The highest BCUT2D eigenvalue weighted by atomic mass is 32.1. The van der Waals surface area contributed by atoms with Crippen molar-refractivity contribution in [2.75, 3.05) is 24.6 Å². The fourth-order valence-electron chi connectivity index (χ4n) is 4.41. The van der Waals surface area contributed by atoms with Crippen LogP contribution in [0, 0.1) is 0 Å². The van der Waals surface area contributed by atoms with Crippen molar-refractivity contribution >= 4 is 17.2 Å². The first kappa shape index (κ1) is 14.0. The van der Waals surface area contributed by atoms with Gasteiger partial charge in [-0.2, -0.15) is 0 Å². The van der Waals surface area contributed by atoms with Gasteiger partial charge in [-0.1, -0.05) is 6.07 Å². The van der Waals surface area contributed by atoms with Crippen LogP contribution in [0.2, 0.25) is 0 Å². The molecule has 3 nitrogen and oxygen atoms in total. The molecule has 0 aromatic carbocycles. The predicted molar refractivity (Wildman–Crippen MR) is 93.4 cm³/mol. The van der Waals surface area contributed by atoms with Crippen LogP contribution < -0.4 is 4.90 Å². The molecular formula is C19H22N2OS. The maximum absolute atomic E-state index is 6.31. The van der Waals surface area contributed by atoms with Gasteiger partial charge in [0, 0.05) is 23.7 Å². The number of piperidine rings is 1. The molecule has 1 aliphatic carbocycles. The number of aryl methyl sites for hydroxylation is 2. The van der Waals surface area contributed by atoms with E-state index in [-0.39, 0.29) is 5.60 Å². The molecule has 0 atom stereocenters. The van der Waals surface area contributed by atoms with Crippen molar-refractivity contribution in [1.29, 1.82) is 0 Å². The fourth-order valence-corrected chi connectivity index (χ4v) is 5.58. The standard InChI is InChI=1S/C19H22N2OS/c1-2-14-4-5-17(20-16(14)3-1)21-10-8-19(9-11-21)18-15(6-12-22-19)7-13-23-18/h4-5,7,13H,1-3,6,8-12H2. The first-order valence-corrected chi connectivity index (χ1v) is 9.67. The Balaban J connectivity index is 1.37. The maximum Gasteiger partial charge on any atom is 0.128 e. The molecule has 23 heavy (non-hydrogen) atoms. The summed E-state index contributed by atoms with van der Waals surface area (Å²) < 4.78 is 6.31. The topological polar surface area (TPSA) is 25.4 Å². The SMILES string of the molecule is c1cc2c(s1)C1(CCN(c3ccc4c(n3)CCC4)CC1)OCC2. The summed E-state index contributed by atoms with van der Waals surface area (Å²) in [6.45, 7) is 2.97. The van der Waals surface area contributed by atoms with E-state index in [4.69, 9.17) is 9.72 Å². The van der Waals surface area contributed by atoms with Crippen LogP contribution >= 0.6 is 11.3 Å². The monoisotopic (exact) mass is 326 g/mol. The zero-order valence-corrected chi connectivity index (χ0v) is 14.2. The van der Waals surface area contributed by atoms with Gasteiger partial charge in [0.25, 0.3) is 0 Å². The number of hydrogen-bond donors (Lipinski definition) is 0. The highest BCUT2D eigenvalue weighted by Gasteiger charge is 2.42. The first-order valence-electron chi connectivity index (χ1n) is 8.79.